The highest BCUT2D eigenvalue weighted by atomic mass is 79.9. The summed E-state index contributed by atoms with van der Waals surface area (Å²) >= 11 is 3.63. The van der Waals surface area contributed by atoms with Crippen LogP contribution in [0.3, 0.4) is 0 Å². The fourth-order valence-corrected chi connectivity index (χ4v) is 3.20. The van der Waals surface area contributed by atoms with Crippen molar-refractivity contribution in [1.82, 2.24) is 4.90 Å². The summed E-state index contributed by atoms with van der Waals surface area (Å²) in [5.41, 5.74) is 1.25. The highest BCUT2D eigenvalue weighted by molar-refractivity contribution is 9.10. The molecule has 1 aliphatic rings. The summed E-state index contributed by atoms with van der Waals surface area (Å²) in [6, 6.07) is 9.27. The van der Waals surface area contributed by atoms with E-state index in [9.17, 15) is 0 Å². The van der Waals surface area contributed by atoms with Gasteiger partial charge in [-0.2, -0.15) is 0 Å². The Morgan fingerprint density at radius 1 is 1.33 bits per heavy atom. The number of aliphatic hydroxyl groups is 1. The van der Waals surface area contributed by atoms with Gasteiger partial charge in [0.05, 0.1) is 5.69 Å². The van der Waals surface area contributed by atoms with Gasteiger partial charge >= 0.3 is 0 Å². The third kappa shape index (κ3) is 2.87. The number of nitrogens with zero attached hydrogens (tertiary/aromatic N) is 2. The van der Waals surface area contributed by atoms with Crippen LogP contribution in [0.4, 0.5) is 5.69 Å². The predicted octanol–water partition coefficient (Wildman–Crippen LogP) is 2.34. The van der Waals surface area contributed by atoms with Gasteiger partial charge in [-0.1, -0.05) is 12.1 Å². The van der Waals surface area contributed by atoms with Gasteiger partial charge in [0.1, 0.15) is 0 Å². The number of para-hydroxylation sites is 1. The molecular formula is C14H21BrN2O. The van der Waals surface area contributed by atoms with Crippen molar-refractivity contribution in [2.75, 3.05) is 31.6 Å². The van der Waals surface area contributed by atoms with Crippen molar-refractivity contribution in [2.24, 2.45) is 0 Å². The summed E-state index contributed by atoms with van der Waals surface area (Å²) in [5, 5.41) is 9.16. The van der Waals surface area contributed by atoms with Gasteiger partial charge in [-0.3, -0.25) is 4.90 Å². The van der Waals surface area contributed by atoms with Crippen LogP contribution in [0.15, 0.2) is 28.7 Å². The van der Waals surface area contributed by atoms with Crippen molar-refractivity contribution < 1.29 is 5.11 Å². The Hall–Kier alpha value is -0.580. The van der Waals surface area contributed by atoms with Gasteiger partial charge < -0.3 is 10.0 Å². The molecule has 0 radical (unpaired) electrons. The number of halogens is 1. The van der Waals surface area contributed by atoms with Gasteiger partial charge in [-0.15, -0.1) is 0 Å². The van der Waals surface area contributed by atoms with Gasteiger partial charge in [-0.25, -0.2) is 0 Å². The van der Waals surface area contributed by atoms with E-state index < -0.39 is 0 Å². The van der Waals surface area contributed by atoms with E-state index in [-0.39, 0.29) is 6.61 Å². The van der Waals surface area contributed by atoms with Crippen molar-refractivity contribution in [3.05, 3.63) is 28.7 Å². The van der Waals surface area contributed by atoms with Crippen LogP contribution in [-0.4, -0.2) is 48.8 Å². The van der Waals surface area contributed by atoms with Gasteiger partial charge in [0.25, 0.3) is 0 Å². The lowest BCUT2D eigenvalue weighted by Crippen LogP contribution is -2.56. The summed E-state index contributed by atoms with van der Waals surface area (Å²) in [4.78, 5) is 4.79. The van der Waals surface area contributed by atoms with E-state index in [1.807, 2.05) is 6.07 Å². The van der Waals surface area contributed by atoms with Crippen LogP contribution in [0.5, 0.6) is 0 Å². The molecule has 0 amide bonds. The zero-order chi connectivity index (χ0) is 13.1. The Labute approximate surface area is 118 Å². The van der Waals surface area contributed by atoms with E-state index in [4.69, 9.17) is 5.11 Å². The van der Waals surface area contributed by atoms with Crippen molar-refractivity contribution in [1.29, 1.82) is 0 Å². The van der Waals surface area contributed by atoms with Crippen LogP contribution in [-0.2, 0) is 0 Å². The van der Waals surface area contributed by atoms with Gasteiger partial charge in [0.15, 0.2) is 0 Å². The summed E-state index contributed by atoms with van der Waals surface area (Å²) in [7, 11) is 2.15. The predicted molar refractivity (Wildman–Crippen MR) is 79.1 cm³/mol. The van der Waals surface area contributed by atoms with Crippen LogP contribution >= 0.6 is 15.9 Å². The molecular weight excluding hydrogens is 292 g/mol. The average Bonchev–Trinajstić information content (AvgIpc) is 2.34. The molecule has 1 aromatic rings. The van der Waals surface area contributed by atoms with Crippen molar-refractivity contribution in [3.63, 3.8) is 0 Å². The molecule has 1 aromatic carbocycles. The second kappa shape index (κ2) is 6.04. The lowest BCUT2D eigenvalue weighted by Gasteiger charge is -2.45. The molecule has 2 atom stereocenters. The first-order valence-electron chi connectivity index (χ1n) is 6.45. The van der Waals surface area contributed by atoms with Crippen molar-refractivity contribution in [2.45, 2.75) is 25.4 Å². The molecule has 0 spiro atoms. The molecule has 2 rings (SSSR count). The summed E-state index contributed by atoms with van der Waals surface area (Å²) < 4.78 is 1.14. The first-order chi connectivity index (χ1) is 8.63. The molecule has 18 heavy (non-hydrogen) atoms. The monoisotopic (exact) mass is 312 g/mol. The zero-order valence-corrected chi connectivity index (χ0v) is 12.6. The van der Waals surface area contributed by atoms with E-state index in [2.05, 4.69) is 57.9 Å². The van der Waals surface area contributed by atoms with Crippen LogP contribution in [0.1, 0.15) is 13.3 Å². The van der Waals surface area contributed by atoms with Gasteiger partial charge in [-0.05, 0) is 48.5 Å². The number of piperazine rings is 1. The molecule has 1 fully saturated rings. The smallest absolute Gasteiger partial charge is 0.0514 e. The van der Waals surface area contributed by atoms with Gasteiger partial charge in [0, 0.05) is 36.3 Å². The van der Waals surface area contributed by atoms with E-state index in [0.29, 0.717) is 12.1 Å². The Morgan fingerprint density at radius 2 is 2.06 bits per heavy atom. The van der Waals surface area contributed by atoms with Crippen LogP contribution < -0.4 is 4.90 Å². The first-order valence-corrected chi connectivity index (χ1v) is 7.25. The molecule has 1 N–H and O–H groups in total. The quantitative estimate of drug-likeness (QED) is 0.928. The Bertz CT molecular complexity index is 399. The summed E-state index contributed by atoms with van der Waals surface area (Å²) in [6.07, 6.45) is 0.837. The minimum absolute atomic E-state index is 0.257. The van der Waals surface area contributed by atoms with E-state index in [1.54, 1.807) is 0 Å². The second-order valence-corrected chi connectivity index (χ2v) is 5.91. The molecule has 0 bridgehead atoms. The first kappa shape index (κ1) is 13.8. The maximum atomic E-state index is 9.16. The lowest BCUT2D eigenvalue weighted by atomic mass is 10.0. The SMILES string of the molecule is CC1CN(C)C(CCO)CN1c1ccccc1Br. The van der Waals surface area contributed by atoms with Crippen molar-refractivity contribution >= 4 is 21.6 Å². The molecule has 1 aliphatic heterocycles. The highest BCUT2D eigenvalue weighted by Gasteiger charge is 2.29. The number of aliphatic hydroxyl groups excluding tert-OH is 1. The second-order valence-electron chi connectivity index (χ2n) is 5.06. The standard InChI is InChI=1S/C14H21BrN2O/c1-11-9-16(2)12(7-8-18)10-17(11)14-6-4-3-5-13(14)15/h3-6,11-12,18H,7-10H2,1-2H3. The third-order valence-electron chi connectivity index (χ3n) is 3.74. The number of hydrogen-bond donors (Lipinski definition) is 1. The number of likely N-dealkylation sites (N-methyl/N-ethyl adjacent to an activating group) is 1. The molecule has 0 aliphatic carbocycles. The van der Waals surface area contributed by atoms with E-state index in [0.717, 1.165) is 24.0 Å². The van der Waals surface area contributed by atoms with Crippen LogP contribution in [0.25, 0.3) is 0 Å². The summed E-state index contributed by atoms with van der Waals surface area (Å²) in [5.74, 6) is 0. The number of benzene rings is 1. The molecule has 100 valence electrons. The minimum Gasteiger partial charge on any atom is -0.396 e. The molecule has 4 heteroatoms. The minimum atomic E-state index is 0.257. The maximum Gasteiger partial charge on any atom is 0.0514 e. The van der Waals surface area contributed by atoms with Crippen LogP contribution in [0.2, 0.25) is 0 Å². The largest absolute Gasteiger partial charge is 0.396 e. The fourth-order valence-electron chi connectivity index (χ4n) is 2.69. The third-order valence-corrected chi connectivity index (χ3v) is 4.41. The topological polar surface area (TPSA) is 26.7 Å². The number of rotatable bonds is 3. The highest BCUT2D eigenvalue weighted by Crippen LogP contribution is 2.30. The molecule has 3 nitrogen and oxygen atoms in total. The molecule has 1 saturated heterocycles. The van der Waals surface area contributed by atoms with E-state index in [1.165, 1.54) is 5.69 Å². The number of anilines is 1. The van der Waals surface area contributed by atoms with Crippen LogP contribution in [0, 0.1) is 0 Å². The lowest BCUT2D eigenvalue weighted by molar-refractivity contribution is 0.154. The Balaban J connectivity index is 2.19. The summed E-state index contributed by atoms with van der Waals surface area (Å²) in [6.45, 7) is 4.52. The molecule has 0 aromatic heterocycles. The Kier molecular flexibility index (Phi) is 4.65. The number of hydrogen-bond acceptors (Lipinski definition) is 3. The van der Waals surface area contributed by atoms with Gasteiger partial charge in [0.2, 0.25) is 0 Å². The molecule has 1 heterocycles. The zero-order valence-electron chi connectivity index (χ0n) is 11.0. The molecule has 0 saturated carbocycles. The molecule has 2 unspecified atom stereocenters. The fraction of sp³-hybridized carbons (Fsp3) is 0.571. The Morgan fingerprint density at radius 3 is 2.72 bits per heavy atom. The average molecular weight is 313 g/mol. The van der Waals surface area contributed by atoms with Crippen molar-refractivity contribution in [3.8, 4) is 0 Å². The maximum absolute atomic E-state index is 9.16. The van der Waals surface area contributed by atoms with E-state index >= 15 is 0 Å². The normalized spacial score (nSPS) is 25.4.